The van der Waals surface area contributed by atoms with Crippen LogP contribution in [0.4, 0.5) is 14.6 Å². The highest BCUT2D eigenvalue weighted by atomic mass is 35.5. The van der Waals surface area contributed by atoms with Crippen LogP contribution in [0.15, 0.2) is 29.4 Å². The number of aromatic nitrogens is 2. The van der Waals surface area contributed by atoms with Gasteiger partial charge in [0.2, 0.25) is 5.91 Å². The van der Waals surface area contributed by atoms with Crippen molar-refractivity contribution in [2.24, 2.45) is 5.92 Å². The Morgan fingerprint density at radius 2 is 1.72 bits per heavy atom. The topological polar surface area (TPSA) is 83.5 Å². The van der Waals surface area contributed by atoms with Crippen molar-refractivity contribution in [2.75, 3.05) is 30.8 Å². The smallest absolute Gasteiger partial charge is 0.226 e. The number of piperidine rings is 1. The number of amides is 1. The number of hydrogen-bond acceptors (Lipinski definition) is 6. The van der Waals surface area contributed by atoms with Crippen molar-refractivity contribution in [3.8, 4) is 0 Å². The first-order valence-corrected chi connectivity index (χ1v) is 12.6. The van der Waals surface area contributed by atoms with Gasteiger partial charge in [-0.05, 0) is 37.8 Å². The van der Waals surface area contributed by atoms with E-state index in [-0.39, 0.29) is 23.9 Å². The molecule has 0 radical (unpaired) electrons. The predicted molar refractivity (Wildman–Crippen MR) is 115 cm³/mol. The molecule has 11 heteroatoms. The van der Waals surface area contributed by atoms with Crippen LogP contribution < -0.4 is 4.90 Å². The number of likely N-dealkylation sites (tertiary alicyclic amines) is 1. The van der Waals surface area contributed by atoms with Crippen LogP contribution in [0.5, 0.6) is 0 Å². The molecule has 0 aliphatic carbocycles. The second kappa shape index (κ2) is 8.90. The predicted octanol–water partition coefficient (Wildman–Crippen LogP) is 2.87. The van der Waals surface area contributed by atoms with E-state index in [1.165, 1.54) is 6.20 Å². The molecule has 1 aromatic heterocycles. The highest BCUT2D eigenvalue weighted by Gasteiger charge is 2.38. The number of halogens is 3. The van der Waals surface area contributed by atoms with Crippen LogP contribution in [0.2, 0.25) is 5.15 Å². The van der Waals surface area contributed by atoms with Crippen LogP contribution in [0.3, 0.4) is 0 Å². The third kappa shape index (κ3) is 4.71. The van der Waals surface area contributed by atoms with Crippen LogP contribution in [-0.2, 0) is 21.1 Å². The molecule has 2 fully saturated rings. The summed E-state index contributed by atoms with van der Waals surface area (Å²) in [7, 11) is -3.73. The van der Waals surface area contributed by atoms with Gasteiger partial charge in [-0.25, -0.2) is 27.2 Å². The van der Waals surface area contributed by atoms with Gasteiger partial charge in [-0.3, -0.25) is 4.79 Å². The quantitative estimate of drug-likeness (QED) is 0.649. The van der Waals surface area contributed by atoms with Crippen molar-refractivity contribution in [2.45, 2.75) is 36.6 Å². The normalized spacial score (nSPS) is 20.2. The molecule has 3 heterocycles. The number of hydrogen-bond donors (Lipinski definition) is 0. The van der Waals surface area contributed by atoms with E-state index < -0.39 is 32.3 Å². The zero-order valence-corrected chi connectivity index (χ0v) is 19.0. The van der Waals surface area contributed by atoms with Gasteiger partial charge in [-0.1, -0.05) is 11.6 Å². The molecule has 172 valence electrons. The summed E-state index contributed by atoms with van der Waals surface area (Å²) in [6, 6.07) is 1.70. The maximum absolute atomic E-state index is 14.4. The average Bonchev–Trinajstić information content (AvgIpc) is 3.11. The van der Waals surface area contributed by atoms with Gasteiger partial charge in [-0.15, -0.1) is 0 Å². The van der Waals surface area contributed by atoms with Gasteiger partial charge >= 0.3 is 0 Å². The monoisotopic (exact) mass is 484 g/mol. The van der Waals surface area contributed by atoms with Crippen LogP contribution in [0.1, 0.15) is 24.8 Å². The van der Waals surface area contributed by atoms with Gasteiger partial charge in [0.25, 0.3) is 0 Å². The van der Waals surface area contributed by atoms with Crippen LogP contribution in [0.25, 0.3) is 0 Å². The van der Waals surface area contributed by atoms with E-state index in [0.29, 0.717) is 31.2 Å². The zero-order chi connectivity index (χ0) is 23.0. The van der Waals surface area contributed by atoms with Crippen molar-refractivity contribution < 1.29 is 22.0 Å². The number of nitrogens with zero attached hydrogens (tertiary/aromatic N) is 4. The summed E-state index contributed by atoms with van der Waals surface area (Å²) < 4.78 is 52.1. The lowest BCUT2D eigenvalue weighted by atomic mass is 9.97. The second-order valence-electron chi connectivity index (χ2n) is 8.27. The highest BCUT2D eigenvalue weighted by molar-refractivity contribution is 7.90. The lowest BCUT2D eigenvalue weighted by Gasteiger charge is -2.37. The number of benzene rings is 1. The van der Waals surface area contributed by atoms with Crippen molar-refractivity contribution in [1.82, 2.24) is 14.9 Å². The minimum Gasteiger partial charge on any atom is -0.355 e. The molecule has 1 atom stereocenters. The molecule has 7 nitrogen and oxygen atoms in total. The first-order valence-electron chi connectivity index (χ1n) is 10.3. The van der Waals surface area contributed by atoms with E-state index in [1.807, 2.05) is 4.90 Å². The standard InChI is InChI=1S/C21H23ClF2N4O3S/c1-32(30,31)15-9-17(23)16(18(24)10-15)8-13-2-7-28(21(13)29)14-3-5-27(6-4-14)20-12-25-19(22)11-26-20/h9-14H,2-8H2,1H3/t13-/m1/s1. The molecule has 1 amide bonds. The molecule has 0 unspecified atom stereocenters. The van der Waals surface area contributed by atoms with Crippen molar-refractivity contribution in [3.63, 3.8) is 0 Å². The molecule has 1 aromatic carbocycles. The fourth-order valence-electron chi connectivity index (χ4n) is 4.43. The van der Waals surface area contributed by atoms with Crippen LogP contribution in [0, 0.1) is 17.6 Å². The number of carbonyl (C=O) groups is 1. The van der Waals surface area contributed by atoms with Crippen LogP contribution >= 0.6 is 11.6 Å². The number of carbonyl (C=O) groups excluding carboxylic acids is 1. The maximum Gasteiger partial charge on any atom is 0.226 e. The molecule has 4 rings (SSSR count). The van der Waals surface area contributed by atoms with E-state index in [9.17, 15) is 22.0 Å². The van der Waals surface area contributed by atoms with Gasteiger partial charge in [-0.2, -0.15) is 0 Å². The third-order valence-corrected chi connectivity index (χ3v) is 7.47. The Labute approximate surface area is 190 Å². The molecule has 32 heavy (non-hydrogen) atoms. The average molecular weight is 485 g/mol. The fourth-order valence-corrected chi connectivity index (χ4v) is 5.16. The molecule has 0 N–H and O–H groups in total. The lowest BCUT2D eigenvalue weighted by molar-refractivity contribution is -0.133. The van der Waals surface area contributed by atoms with Gasteiger partial charge in [0.1, 0.15) is 22.6 Å². The molecule has 2 aliphatic heterocycles. The first kappa shape index (κ1) is 22.8. The summed E-state index contributed by atoms with van der Waals surface area (Å²) in [5, 5.41) is 0.330. The Bertz CT molecular complexity index is 1100. The Kier molecular flexibility index (Phi) is 6.35. The van der Waals surface area contributed by atoms with E-state index >= 15 is 0 Å². The van der Waals surface area contributed by atoms with Crippen molar-refractivity contribution >= 4 is 33.2 Å². The summed E-state index contributed by atoms with van der Waals surface area (Å²) in [6.07, 6.45) is 5.95. The minimum atomic E-state index is -3.73. The Morgan fingerprint density at radius 1 is 1.06 bits per heavy atom. The maximum atomic E-state index is 14.4. The Balaban J connectivity index is 1.39. The largest absolute Gasteiger partial charge is 0.355 e. The summed E-state index contributed by atoms with van der Waals surface area (Å²) >= 11 is 5.78. The molecular weight excluding hydrogens is 462 g/mol. The van der Waals surface area contributed by atoms with Crippen molar-refractivity contribution in [3.05, 3.63) is 46.9 Å². The van der Waals surface area contributed by atoms with Gasteiger partial charge in [0.15, 0.2) is 9.84 Å². The number of rotatable bonds is 5. The molecule has 0 saturated carbocycles. The van der Waals surface area contributed by atoms with Gasteiger partial charge < -0.3 is 9.80 Å². The third-order valence-electron chi connectivity index (χ3n) is 6.18. The Hall–Kier alpha value is -2.33. The first-order chi connectivity index (χ1) is 15.1. The molecule has 2 aromatic rings. The molecule has 2 saturated heterocycles. The second-order valence-corrected chi connectivity index (χ2v) is 10.7. The lowest BCUT2D eigenvalue weighted by Crippen LogP contribution is -2.46. The summed E-state index contributed by atoms with van der Waals surface area (Å²) in [5.41, 5.74) is -0.242. The van der Waals surface area contributed by atoms with E-state index in [0.717, 1.165) is 37.0 Å². The highest BCUT2D eigenvalue weighted by Crippen LogP contribution is 2.31. The molecule has 2 aliphatic rings. The van der Waals surface area contributed by atoms with Gasteiger partial charge in [0, 0.05) is 43.4 Å². The molecule has 0 bridgehead atoms. The van der Waals surface area contributed by atoms with Crippen LogP contribution in [-0.4, -0.2) is 61.1 Å². The Morgan fingerprint density at radius 3 is 2.28 bits per heavy atom. The van der Waals surface area contributed by atoms with Crippen molar-refractivity contribution in [1.29, 1.82) is 0 Å². The van der Waals surface area contributed by atoms with Gasteiger partial charge in [0.05, 0.1) is 17.3 Å². The van der Waals surface area contributed by atoms with E-state index in [2.05, 4.69) is 14.9 Å². The summed E-state index contributed by atoms with van der Waals surface area (Å²) in [6.45, 7) is 1.97. The van der Waals surface area contributed by atoms with E-state index in [1.54, 1.807) is 6.20 Å². The zero-order valence-electron chi connectivity index (χ0n) is 17.5. The molecular formula is C21H23ClF2N4O3S. The summed E-state index contributed by atoms with van der Waals surface area (Å²) in [4.78, 5) is 24.8. The molecule has 0 spiro atoms. The number of anilines is 1. The summed E-state index contributed by atoms with van der Waals surface area (Å²) in [5.74, 6) is -1.77. The number of sulfone groups is 1. The minimum absolute atomic E-state index is 0.0614. The SMILES string of the molecule is CS(=O)(=O)c1cc(F)c(C[C@H]2CCN(C3CCN(c4cnc(Cl)cn4)CC3)C2=O)c(F)c1. The fraction of sp³-hybridized carbons (Fsp3) is 0.476. The van der Waals surface area contributed by atoms with E-state index in [4.69, 9.17) is 11.6 Å².